The van der Waals surface area contributed by atoms with Crippen molar-refractivity contribution in [2.24, 2.45) is 17.4 Å². The summed E-state index contributed by atoms with van der Waals surface area (Å²) in [6.07, 6.45) is 5.95. The van der Waals surface area contributed by atoms with Crippen LogP contribution in [0, 0.1) is 5.92 Å². The molecule has 0 saturated heterocycles. The molecule has 1 aliphatic rings. The minimum atomic E-state index is -0.537. The predicted octanol–water partition coefficient (Wildman–Crippen LogP) is 1.19. The van der Waals surface area contributed by atoms with Gasteiger partial charge in [-0.15, -0.1) is 0 Å². The third-order valence-corrected chi connectivity index (χ3v) is 4.29. The molecule has 0 radical (unpaired) electrons. The molecule has 2 amide bonds. The SMILES string of the molecule is NCC(NC(=O)c1ccc(OCC(N)=O)cc1)C1CCCCC1. The second kappa shape index (κ2) is 8.53. The van der Waals surface area contributed by atoms with Gasteiger partial charge in [-0.3, -0.25) is 9.59 Å². The molecule has 1 aliphatic carbocycles. The molecule has 0 heterocycles. The molecule has 1 aromatic carbocycles. The molecule has 6 heteroatoms. The number of carbonyl (C=O) groups is 2. The molecular weight excluding hydrogens is 294 g/mol. The third kappa shape index (κ3) is 5.25. The van der Waals surface area contributed by atoms with Gasteiger partial charge < -0.3 is 21.5 Å². The molecule has 1 saturated carbocycles. The summed E-state index contributed by atoms with van der Waals surface area (Å²) in [4.78, 5) is 23.0. The molecule has 0 bridgehead atoms. The van der Waals surface area contributed by atoms with Gasteiger partial charge in [0.05, 0.1) is 0 Å². The third-order valence-electron chi connectivity index (χ3n) is 4.29. The van der Waals surface area contributed by atoms with Gasteiger partial charge in [0.15, 0.2) is 6.61 Å². The zero-order valence-electron chi connectivity index (χ0n) is 13.3. The average molecular weight is 319 g/mol. The molecule has 2 rings (SSSR count). The first kappa shape index (κ1) is 17.3. The first-order chi connectivity index (χ1) is 11.1. The zero-order chi connectivity index (χ0) is 16.7. The van der Waals surface area contributed by atoms with E-state index >= 15 is 0 Å². The quantitative estimate of drug-likeness (QED) is 0.701. The fourth-order valence-electron chi connectivity index (χ4n) is 3.01. The highest BCUT2D eigenvalue weighted by atomic mass is 16.5. The van der Waals surface area contributed by atoms with Gasteiger partial charge in [0.1, 0.15) is 5.75 Å². The Balaban J connectivity index is 1.92. The van der Waals surface area contributed by atoms with E-state index in [0.717, 1.165) is 12.8 Å². The molecule has 1 fully saturated rings. The summed E-state index contributed by atoms with van der Waals surface area (Å²) in [6.45, 7) is 0.276. The molecule has 0 aromatic heterocycles. The standard InChI is InChI=1S/C17H25N3O3/c18-10-15(12-4-2-1-3-5-12)20-17(22)13-6-8-14(9-7-13)23-11-16(19)21/h6-9,12,15H,1-5,10-11,18H2,(H2,19,21)(H,20,22). The van der Waals surface area contributed by atoms with Crippen molar-refractivity contribution >= 4 is 11.8 Å². The number of hydrogen-bond donors (Lipinski definition) is 3. The van der Waals surface area contributed by atoms with Crippen molar-refractivity contribution in [1.29, 1.82) is 0 Å². The molecule has 1 aromatic rings. The second-order valence-corrected chi connectivity index (χ2v) is 5.99. The maximum atomic E-state index is 12.4. The van der Waals surface area contributed by atoms with E-state index < -0.39 is 5.91 Å². The number of carbonyl (C=O) groups excluding carboxylic acids is 2. The first-order valence-corrected chi connectivity index (χ1v) is 8.12. The maximum Gasteiger partial charge on any atom is 0.255 e. The summed E-state index contributed by atoms with van der Waals surface area (Å²) in [6, 6.07) is 6.65. The lowest BCUT2D eigenvalue weighted by atomic mass is 9.84. The van der Waals surface area contributed by atoms with Crippen molar-refractivity contribution in [3.05, 3.63) is 29.8 Å². The van der Waals surface area contributed by atoms with Gasteiger partial charge in [0.2, 0.25) is 0 Å². The number of ether oxygens (including phenoxy) is 1. The van der Waals surface area contributed by atoms with Crippen LogP contribution in [-0.4, -0.2) is 31.0 Å². The molecule has 1 unspecified atom stereocenters. The normalized spacial score (nSPS) is 16.6. The number of nitrogens with two attached hydrogens (primary N) is 2. The molecular formula is C17H25N3O3. The summed E-state index contributed by atoms with van der Waals surface area (Å²) in [5.41, 5.74) is 11.4. The Kier molecular flexibility index (Phi) is 6.40. The maximum absolute atomic E-state index is 12.4. The van der Waals surface area contributed by atoms with Crippen molar-refractivity contribution < 1.29 is 14.3 Å². The Morgan fingerprint density at radius 3 is 2.39 bits per heavy atom. The van der Waals surface area contributed by atoms with Crippen molar-refractivity contribution in [3.63, 3.8) is 0 Å². The summed E-state index contributed by atoms with van der Waals surface area (Å²) in [7, 11) is 0. The van der Waals surface area contributed by atoms with E-state index in [9.17, 15) is 9.59 Å². The Hall–Kier alpha value is -2.08. The fraction of sp³-hybridized carbons (Fsp3) is 0.529. The van der Waals surface area contributed by atoms with E-state index in [-0.39, 0.29) is 18.6 Å². The van der Waals surface area contributed by atoms with E-state index in [1.807, 2.05) is 0 Å². The highest BCUT2D eigenvalue weighted by Gasteiger charge is 2.24. The molecule has 23 heavy (non-hydrogen) atoms. The largest absolute Gasteiger partial charge is 0.484 e. The first-order valence-electron chi connectivity index (χ1n) is 8.12. The molecule has 0 spiro atoms. The average Bonchev–Trinajstić information content (AvgIpc) is 2.58. The highest BCUT2D eigenvalue weighted by Crippen LogP contribution is 2.26. The minimum absolute atomic E-state index is 0.0218. The van der Waals surface area contributed by atoms with Gasteiger partial charge in [-0.25, -0.2) is 0 Å². The van der Waals surface area contributed by atoms with Crippen molar-refractivity contribution in [1.82, 2.24) is 5.32 Å². The highest BCUT2D eigenvalue weighted by molar-refractivity contribution is 5.94. The van der Waals surface area contributed by atoms with Gasteiger partial charge in [0.25, 0.3) is 11.8 Å². The van der Waals surface area contributed by atoms with Crippen LogP contribution in [0.25, 0.3) is 0 Å². The number of hydrogen-bond acceptors (Lipinski definition) is 4. The molecule has 6 nitrogen and oxygen atoms in total. The van der Waals surface area contributed by atoms with Crippen molar-refractivity contribution in [2.75, 3.05) is 13.2 Å². The Morgan fingerprint density at radius 1 is 1.17 bits per heavy atom. The summed E-state index contributed by atoms with van der Waals surface area (Å²) >= 11 is 0. The number of amides is 2. The van der Waals surface area contributed by atoms with E-state index in [2.05, 4.69) is 5.32 Å². The monoisotopic (exact) mass is 319 g/mol. The van der Waals surface area contributed by atoms with Crippen LogP contribution in [0.15, 0.2) is 24.3 Å². The number of benzene rings is 1. The zero-order valence-corrected chi connectivity index (χ0v) is 13.3. The van der Waals surface area contributed by atoms with Crippen LogP contribution >= 0.6 is 0 Å². The Bertz CT molecular complexity index is 524. The van der Waals surface area contributed by atoms with E-state index in [1.165, 1.54) is 19.3 Å². The lowest BCUT2D eigenvalue weighted by Crippen LogP contribution is -2.45. The summed E-state index contributed by atoms with van der Waals surface area (Å²) in [5, 5.41) is 3.04. The van der Waals surface area contributed by atoms with Crippen LogP contribution in [0.3, 0.4) is 0 Å². The van der Waals surface area contributed by atoms with Crippen LogP contribution in [0.2, 0.25) is 0 Å². The van der Waals surface area contributed by atoms with Gasteiger partial charge >= 0.3 is 0 Å². The van der Waals surface area contributed by atoms with Gasteiger partial charge in [-0.2, -0.15) is 0 Å². The Morgan fingerprint density at radius 2 is 1.83 bits per heavy atom. The lowest BCUT2D eigenvalue weighted by Gasteiger charge is -2.30. The van der Waals surface area contributed by atoms with Crippen LogP contribution in [0.4, 0.5) is 0 Å². The number of rotatable bonds is 7. The summed E-state index contributed by atoms with van der Waals surface area (Å²) in [5.74, 6) is 0.302. The molecule has 126 valence electrons. The van der Waals surface area contributed by atoms with Gasteiger partial charge in [0, 0.05) is 18.2 Å². The second-order valence-electron chi connectivity index (χ2n) is 5.99. The minimum Gasteiger partial charge on any atom is -0.484 e. The fourth-order valence-corrected chi connectivity index (χ4v) is 3.01. The predicted molar refractivity (Wildman–Crippen MR) is 88.0 cm³/mol. The van der Waals surface area contributed by atoms with Gasteiger partial charge in [-0.1, -0.05) is 19.3 Å². The molecule has 5 N–H and O–H groups in total. The van der Waals surface area contributed by atoms with Crippen LogP contribution in [0.1, 0.15) is 42.5 Å². The van der Waals surface area contributed by atoms with E-state index in [1.54, 1.807) is 24.3 Å². The van der Waals surface area contributed by atoms with Crippen molar-refractivity contribution in [2.45, 2.75) is 38.1 Å². The van der Waals surface area contributed by atoms with Gasteiger partial charge in [-0.05, 0) is 43.0 Å². The smallest absolute Gasteiger partial charge is 0.255 e. The molecule has 0 aliphatic heterocycles. The number of nitrogens with one attached hydrogen (secondary N) is 1. The van der Waals surface area contributed by atoms with E-state index in [0.29, 0.717) is 23.8 Å². The van der Waals surface area contributed by atoms with Crippen LogP contribution < -0.4 is 21.5 Å². The number of primary amides is 1. The van der Waals surface area contributed by atoms with Crippen LogP contribution in [-0.2, 0) is 4.79 Å². The summed E-state index contributed by atoms with van der Waals surface area (Å²) < 4.78 is 5.17. The van der Waals surface area contributed by atoms with Crippen molar-refractivity contribution in [3.8, 4) is 5.75 Å². The molecule has 1 atom stereocenters. The Labute approximate surface area is 136 Å². The topological polar surface area (TPSA) is 107 Å². The van der Waals surface area contributed by atoms with E-state index in [4.69, 9.17) is 16.2 Å². The van der Waals surface area contributed by atoms with Crippen LogP contribution in [0.5, 0.6) is 5.75 Å². The lowest BCUT2D eigenvalue weighted by molar-refractivity contribution is -0.119.